The summed E-state index contributed by atoms with van der Waals surface area (Å²) in [6.07, 6.45) is 3.29. The van der Waals surface area contributed by atoms with Crippen molar-refractivity contribution in [3.63, 3.8) is 0 Å². The minimum atomic E-state index is -1.31. The van der Waals surface area contributed by atoms with Crippen molar-refractivity contribution in [1.82, 2.24) is 0 Å². The molecule has 1 aliphatic rings. The smallest absolute Gasteiger partial charge is 0.164 e. The molecule has 1 unspecified atom stereocenters. The molecule has 2 N–H and O–H groups in total. The van der Waals surface area contributed by atoms with Crippen molar-refractivity contribution in [2.24, 2.45) is 5.92 Å². The molecule has 20 heavy (non-hydrogen) atoms. The van der Waals surface area contributed by atoms with Crippen molar-refractivity contribution in [3.05, 3.63) is 35.4 Å². The summed E-state index contributed by atoms with van der Waals surface area (Å²) in [5.41, 5.74) is -1.27. The lowest BCUT2D eigenvalue weighted by Crippen LogP contribution is -2.36. The van der Waals surface area contributed by atoms with Crippen molar-refractivity contribution in [1.29, 1.82) is 0 Å². The van der Waals surface area contributed by atoms with Crippen LogP contribution in [0.3, 0.4) is 0 Å². The van der Waals surface area contributed by atoms with Crippen molar-refractivity contribution in [2.75, 3.05) is 0 Å². The average Bonchev–Trinajstić information content (AvgIpc) is 2.42. The Labute approximate surface area is 118 Å². The van der Waals surface area contributed by atoms with E-state index in [0.717, 1.165) is 18.9 Å². The van der Waals surface area contributed by atoms with Crippen LogP contribution in [0.15, 0.2) is 18.2 Å². The number of halogens is 2. The molecular weight excluding hydrogens is 262 g/mol. The van der Waals surface area contributed by atoms with Crippen LogP contribution in [0.25, 0.3) is 0 Å². The molecule has 0 aliphatic heterocycles. The van der Waals surface area contributed by atoms with Crippen LogP contribution in [0.2, 0.25) is 0 Å². The standard InChI is InChI=1S/C16H22F2O2/c1-2-4-14(19)11-7-9-16(20,10-8-11)12-5-3-6-13(17)15(12)18/h3,5-6,11,14,19-20H,2,4,7-10H2,1H3. The third kappa shape index (κ3) is 3.01. The number of hydrogen-bond donors (Lipinski definition) is 2. The lowest BCUT2D eigenvalue weighted by Gasteiger charge is -2.38. The number of aliphatic hydroxyl groups is 2. The molecule has 1 aliphatic carbocycles. The Morgan fingerprint density at radius 3 is 2.55 bits per heavy atom. The molecule has 1 saturated carbocycles. The van der Waals surface area contributed by atoms with Crippen LogP contribution in [-0.2, 0) is 5.60 Å². The second-order valence-electron chi connectivity index (χ2n) is 5.83. The van der Waals surface area contributed by atoms with E-state index in [1.807, 2.05) is 6.92 Å². The molecule has 0 spiro atoms. The molecule has 1 aromatic carbocycles. The monoisotopic (exact) mass is 284 g/mol. The lowest BCUT2D eigenvalue weighted by atomic mass is 9.73. The van der Waals surface area contributed by atoms with Crippen molar-refractivity contribution >= 4 is 0 Å². The van der Waals surface area contributed by atoms with E-state index in [2.05, 4.69) is 0 Å². The van der Waals surface area contributed by atoms with Crippen molar-refractivity contribution in [2.45, 2.75) is 57.2 Å². The molecule has 2 nitrogen and oxygen atoms in total. The predicted molar refractivity (Wildman–Crippen MR) is 73.1 cm³/mol. The third-order valence-electron chi connectivity index (χ3n) is 4.44. The normalized spacial score (nSPS) is 28.4. The van der Waals surface area contributed by atoms with Gasteiger partial charge in [-0.25, -0.2) is 8.78 Å². The van der Waals surface area contributed by atoms with Gasteiger partial charge in [0.05, 0.1) is 11.7 Å². The van der Waals surface area contributed by atoms with E-state index in [1.54, 1.807) is 0 Å². The molecule has 112 valence electrons. The first-order valence-corrected chi connectivity index (χ1v) is 7.33. The predicted octanol–water partition coefficient (Wildman–Crippen LogP) is 3.50. The molecular formula is C16H22F2O2. The van der Waals surface area contributed by atoms with E-state index in [0.29, 0.717) is 25.7 Å². The zero-order valence-corrected chi connectivity index (χ0v) is 11.8. The van der Waals surface area contributed by atoms with Crippen LogP contribution in [0.5, 0.6) is 0 Å². The van der Waals surface area contributed by atoms with Gasteiger partial charge in [0.25, 0.3) is 0 Å². The zero-order chi connectivity index (χ0) is 14.8. The summed E-state index contributed by atoms with van der Waals surface area (Å²) in [6, 6.07) is 3.92. The Morgan fingerprint density at radius 2 is 1.95 bits per heavy atom. The highest BCUT2D eigenvalue weighted by Crippen LogP contribution is 2.42. The first-order valence-electron chi connectivity index (χ1n) is 7.33. The van der Waals surface area contributed by atoms with E-state index in [4.69, 9.17) is 0 Å². The fraction of sp³-hybridized carbons (Fsp3) is 0.625. The Balaban J connectivity index is 2.10. The first kappa shape index (κ1) is 15.4. The minimum Gasteiger partial charge on any atom is -0.393 e. The minimum absolute atomic E-state index is 0.0425. The van der Waals surface area contributed by atoms with Crippen molar-refractivity contribution < 1.29 is 19.0 Å². The SMILES string of the molecule is CCCC(O)C1CCC(O)(c2cccc(F)c2F)CC1. The van der Waals surface area contributed by atoms with Gasteiger partial charge in [-0.05, 0) is 44.1 Å². The highest BCUT2D eigenvalue weighted by molar-refractivity contribution is 5.26. The topological polar surface area (TPSA) is 40.5 Å². The fourth-order valence-corrected chi connectivity index (χ4v) is 3.17. The highest BCUT2D eigenvalue weighted by atomic mass is 19.2. The van der Waals surface area contributed by atoms with Crippen LogP contribution in [-0.4, -0.2) is 16.3 Å². The van der Waals surface area contributed by atoms with Gasteiger partial charge >= 0.3 is 0 Å². The Morgan fingerprint density at radius 1 is 1.30 bits per heavy atom. The summed E-state index contributed by atoms with van der Waals surface area (Å²) in [5.74, 6) is -1.74. The largest absolute Gasteiger partial charge is 0.393 e. The molecule has 0 saturated heterocycles. The lowest BCUT2D eigenvalue weighted by molar-refractivity contribution is -0.0399. The van der Waals surface area contributed by atoms with Gasteiger partial charge < -0.3 is 10.2 Å². The fourth-order valence-electron chi connectivity index (χ4n) is 3.17. The first-order chi connectivity index (χ1) is 9.48. The Hall–Kier alpha value is -1.00. The van der Waals surface area contributed by atoms with Gasteiger partial charge in [0, 0.05) is 5.56 Å². The molecule has 4 heteroatoms. The van der Waals surface area contributed by atoms with Crippen molar-refractivity contribution in [3.8, 4) is 0 Å². The van der Waals surface area contributed by atoms with E-state index in [-0.39, 0.29) is 17.6 Å². The van der Waals surface area contributed by atoms with Crippen LogP contribution < -0.4 is 0 Å². The zero-order valence-electron chi connectivity index (χ0n) is 11.8. The van der Waals surface area contributed by atoms with Gasteiger partial charge in [0.15, 0.2) is 11.6 Å². The molecule has 2 rings (SSSR count). The number of hydrogen-bond acceptors (Lipinski definition) is 2. The summed E-state index contributed by atoms with van der Waals surface area (Å²) in [5, 5.41) is 20.6. The van der Waals surface area contributed by atoms with Gasteiger partial charge in [-0.3, -0.25) is 0 Å². The molecule has 0 heterocycles. The van der Waals surface area contributed by atoms with Gasteiger partial charge in [-0.2, -0.15) is 0 Å². The maximum Gasteiger partial charge on any atom is 0.164 e. The molecule has 1 atom stereocenters. The van der Waals surface area contributed by atoms with Gasteiger partial charge in [-0.1, -0.05) is 25.5 Å². The number of aliphatic hydroxyl groups excluding tert-OH is 1. The Kier molecular flexibility index (Phi) is 4.76. The van der Waals surface area contributed by atoms with E-state index < -0.39 is 17.2 Å². The molecule has 0 aromatic heterocycles. The summed E-state index contributed by atoms with van der Waals surface area (Å²) in [4.78, 5) is 0. The maximum absolute atomic E-state index is 13.8. The second-order valence-corrected chi connectivity index (χ2v) is 5.83. The number of rotatable bonds is 4. The third-order valence-corrected chi connectivity index (χ3v) is 4.44. The summed E-state index contributed by atoms with van der Waals surface area (Å²) >= 11 is 0. The maximum atomic E-state index is 13.8. The van der Waals surface area contributed by atoms with Crippen LogP contribution in [0, 0.1) is 17.6 Å². The number of benzene rings is 1. The quantitative estimate of drug-likeness (QED) is 0.888. The van der Waals surface area contributed by atoms with Crippen LogP contribution >= 0.6 is 0 Å². The molecule has 0 amide bonds. The van der Waals surface area contributed by atoms with Crippen LogP contribution in [0.1, 0.15) is 51.0 Å². The Bertz CT molecular complexity index is 454. The highest BCUT2D eigenvalue weighted by Gasteiger charge is 2.38. The van der Waals surface area contributed by atoms with E-state index in [1.165, 1.54) is 12.1 Å². The van der Waals surface area contributed by atoms with E-state index in [9.17, 15) is 19.0 Å². The molecule has 0 bridgehead atoms. The molecule has 1 fully saturated rings. The van der Waals surface area contributed by atoms with Crippen LogP contribution in [0.4, 0.5) is 8.78 Å². The van der Waals surface area contributed by atoms with Gasteiger partial charge in [0.2, 0.25) is 0 Å². The summed E-state index contributed by atoms with van der Waals surface area (Å²) in [7, 11) is 0. The van der Waals surface area contributed by atoms with Gasteiger partial charge in [-0.15, -0.1) is 0 Å². The second kappa shape index (κ2) is 6.19. The van der Waals surface area contributed by atoms with E-state index >= 15 is 0 Å². The van der Waals surface area contributed by atoms with Gasteiger partial charge in [0.1, 0.15) is 0 Å². The molecule has 0 radical (unpaired) electrons. The molecule has 1 aromatic rings. The summed E-state index contributed by atoms with van der Waals surface area (Å²) < 4.78 is 27.1. The average molecular weight is 284 g/mol. The summed E-state index contributed by atoms with van der Waals surface area (Å²) in [6.45, 7) is 2.02.